The molecule has 0 aliphatic rings. The molecule has 0 radical (unpaired) electrons. The van der Waals surface area contributed by atoms with Crippen molar-refractivity contribution in [2.24, 2.45) is 0 Å². The van der Waals surface area contributed by atoms with Crippen LogP contribution in [-0.4, -0.2) is 38.7 Å². The SMILES string of the molecule is C#CCNCCN(C)Cc1cccc(OC)c1. The minimum Gasteiger partial charge on any atom is -0.497 e. The van der Waals surface area contributed by atoms with Crippen LogP contribution in [0.2, 0.25) is 0 Å². The molecule has 92 valence electrons. The van der Waals surface area contributed by atoms with Crippen LogP contribution in [0.15, 0.2) is 24.3 Å². The van der Waals surface area contributed by atoms with Crippen LogP contribution in [-0.2, 0) is 6.54 Å². The number of rotatable bonds is 7. The molecule has 1 aromatic rings. The number of benzene rings is 1. The molecule has 0 aliphatic carbocycles. The quantitative estimate of drug-likeness (QED) is 0.567. The molecule has 17 heavy (non-hydrogen) atoms. The molecular weight excluding hydrogens is 212 g/mol. The van der Waals surface area contributed by atoms with Gasteiger partial charge in [0, 0.05) is 19.6 Å². The van der Waals surface area contributed by atoms with Gasteiger partial charge in [-0.05, 0) is 24.7 Å². The van der Waals surface area contributed by atoms with Crippen molar-refractivity contribution in [2.45, 2.75) is 6.54 Å². The van der Waals surface area contributed by atoms with Gasteiger partial charge in [-0.2, -0.15) is 0 Å². The summed E-state index contributed by atoms with van der Waals surface area (Å²) in [4.78, 5) is 2.25. The van der Waals surface area contributed by atoms with Gasteiger partial charge >= 0.3 is 0 Å². The molecule has 0 amide bonds. The Bertz CT molecular complexity index is 371. The van der Waals surface area contributed by atoms with Crippen molar-refractivity contribution in [2.75, 3.05) is 33.8 Å². The number of hydrogen-bond acceptors (Lipinski definition) is 3. The molecule has 1 N–H and O–H groups in total. The van der Waals surface area contributed by atoms with Gasteiger partial charge in [-0.1, -0.05) is 18.1 Å². The number of likely N-dealkylation sites (N-methyl/N-ethyl adjacent to an activating group) is 1. The van der Waals surface area contributed by atoms with Crippen LogP contribution in [0, 0.1) is 12.3 Å². The monoisotopic (exact) mass is 232 g/mol. The first-order valence-corrected chi connectivity index (χ1v) is 5.72. The lowest BCUT2D eigenvalue weighted by molar-refractivity contribution is 0.326. The van der Waals surface area contributed by atoms with E-state index < -0.39 is 0 Å². The number of terminal acetylenes is 1. The normalized spacial score (nSPS) is 10.2. The maximum Gasteiger partial charge on any atom is 0.119 e. The van der Waals surface area contributed by atoms with Crippen LogP contribution < -0.4 is 10.1 Å². The van der Waals surface area contributed by atoms with Gasteiger partial charge in [0.15, 0.2) is 0 Å². The fourth-order valence-electron chi connectivity index (χ4n) is 1.59. The molecule has 0 bridgehead atoms. The molecule has 3 heteroatoms. The van der Waals surface area contributed by atoms with Gasteiger partial charge < -0.3 is 15.0 Å². The van der Waals surface area contributed by atoms with Crippen LogP contribution >= 0.6 is 0 Å². The van der Waals surface area contributed by atoms with Crippen molar-refractivity contribution in [3.05, 3.63) is 29.8 Å². The minimum absolute atomic E-state index is 0.632. The second kappa shape index (κ2) is 7.72. The van der Waals surface area contributed by atoms with E-state index in [9.17, 15) is 0 Å². The predicted octanol–water partition coefficient (Wildman–Crippen LogP) is 1.35. The first kappa shape index (κ1) is 13.6. The van der Waals surface area contributed by atoms with E-state index in [1.807, 2.05) is 12.1 Å². The van der Waals surface area contributed by atoms with E-state index >= 15 is 0 Å². The van der Waals surface area contributed by atoms with Crippen LogP contribution in [0.4, 0.5) is 0 Å². The van der Waals surface area contributed by atoms with E-state index in [0.29, 0.717) is 6.54 Å². The highest BCUT2D eigenvalue weighted by Gasteiger charge is 2.01. The van der Waals surface area contributed by atoms with Crippen molar-refractivity contribution in [3.63, 3.8) is 0 Å². The first-order valence-electron chi connectivity index (χ1n) is 5.72. The number of methoxy groups -OCH3 is 1. The summed E-state index contributed by atoms with van der Waals surface area (Å²) in [6, 6.07) is 8.13. The van der Waals surface area contributed by atoms with Gasteiger partial charge in [-0.25, -0.2) is 0 Å². The summed E-state index contributed by atoms with van der Waals surface area (Å²) in [5.74, 6) is 3.46. The van der Waals surface area contributed by atoms with Gasteiger partial charge in [-0.15, -0.1) is 6.42 Å². The Labute approximate surface area is 104 Å². The number of ether oxygens (including phenoxy) is 1. The molecular formula is C14H20N2O. The zero-order valence-electron chi connectivity index (χ0n) is 10.6. The Morgan fingerprint density at radius 2 is 2.29 bits per heavy atom. The summed E-state index contributed by atoms with van der Waals surface area (Å²) in [7, 11) is 3.78. The van der Waals surface area contributed by atoms with E-state index in [-0.39, 0.29) is 0 Å². The summed E-state index contributed by atoms with van der Waals surface area (Å²) in [6.07, 6.45) is 5.16. The summed E-state index contributed by atoms with van der Waals surface area (Å²) in [5.41, 5.74) is 1.25. The van der Waals surface area contributed by atoms with Gasteiger partial charge in [0.05, 0.1) is 13.7 Å². The molecule has 0 fully saturated rings. The number of hydrogen-bond donors (Lipinski definition) is 1. The van der Waals surface area contributed by atoms with Gasteiger partial charge in [-0.3, -0.25) is 0 Å². The van der Waals surface area contributed by atoms with E-state index in [1.54, 1.807) is 7.11 Å². The van der Waals surface area contributed by atoms with Crippen LogP contribution in [0.1, 0.15) is 5.56 Å². The lowest BCUT2D eigenvalue weighted by Gasteiger charge is -2.17. The van der Waals surface area contributed by atoms with E-state index in [1.165, 1.54) is 5.56 Å². The standard InChI is InChI=1S/C14H20N2O/c1-4-8-15-9-10-16(2)12-13-6-5-7-14(11-13)17-3/h1,5-7,11,15H,8-10,12H2,2-3H3. The van der Waals surface area contributed by atoms with E-state index in [4.69, 9.17) is 11.2 Å². The smallest absolute Gasteiger partial charge is 0.119 e. The van der Waals surface area contributed by atoms with Crippen molar-refractivity contribution >= 4 is 0 Å². The zero-order chi connectivity index (χ0) is 12.5. The Balaban J connectivity index is 2.34. The second-order valence-electron chi connectivity index (χ2n) is 3.97. The maximum atomic E-state index is 5.20. The molecule has 0 saturated heterocycles. The molecule has 0 unspecified atom stereocenters. The van der Waals surface area contributed by atoms with Crippen molar-refractivity contribution in [3.8, 4) is 18.1 Å². The molecule has 0 aromatic heterocycles. The van der Waals surface area contributed by atoms with Crippen molar-refractivity contribution in [1.29, 1.82) is 0 Å². The summed E-state index contributed by atoms with van der Waals surface area (Å²) in [5, 5.41) is 3.17. The molecule has 0 atom stereocenters. The molecule has 0 saturated carbocycles. The van der Waals surface area contributed by atoms with Crippen molar-refractivity contribution in [1.82, 2.24) is 10.2 Å². The first-order chi connectivity index (χ1) is 8.26. The van der Waals surface area contributed by atoms with Crippen molar-refractivity contribution < 1.29 is 4.74 Å². The van der Waals surface area contributed by atoms with E-state index in [0.717, 1.165) is 25.4 Å². The maximum absolute atomic E-state index is 5.20. The van der Waals surface area contributed by atoms with Gasteiger partial charge in [0.1, 0.15) is 5.75 Å². The lowest BCUT2D eigenvalue weighted by Crippen LogP contribution is -2.29. The zero-order valence-corrected chi connectivity index (χ0v) is 10.6. The van der Waals surface area contributed by atoms with E-state index in [2.05, 4.69) is 35.3 Å². The largest absolute Gasteiger partial charge is 0.497 e. The third kappa shape index (κ3) is 5.39. The molecule has 0 aliphatic heterocycles. The summed E-state index contributed by atoms with van der Waals surface area (Å²) < 4.78 is 5.20. The third-order valence-corrected chi connectivity index (χ3v) is 2.48. The predicted molar refractivity (Wildman–Crippen MR) is 71.0 cm³/mol. The summed E-state index contributed by atoms with van der Waals surface area (Å²) >= 11 is 0. The molecule has 0 heterocycles. The number of nitrogens with zero attached hydrogens (tertiary/aromatic N) is 1. The fraction of sp³-hybridized carbons (Fsp3) is 0.429. The molecule has 3 nitrogen and oxygen atoms in total. The minimum atomic E-state index is 0.632. The average Bonchev–Trinajstić information content (AvgIpc) is 2.35. The third-order valence-electron chi connectivity index (χ3n) is 2.48. The van der Waals surface area contributed by atoms with Gasteiger partial charge in [0.25, 0.3) is 0 Å². The Morgan fingerprint density at radius 3 is 3.00 bits per heavy atom. The molecule has 0 spiro atoms. The second-order valence-corrected chi connectivity index (χ2v) is 3.97. The fourth-order valence-corrected chi connectivity index (χ4v) is 1.59. The molecule has 1 rings (SSSR count). The topological polar surface area (TPSA) is 24.5 Å². The Morgan fingerprint density at radius 1 is 1.47 bits per heavy atom. The highest BCUT2D eigenvalue weighted by atomic mass is 16.5. The van der Waals surface area contributed by atoms with Crippen LogP contribution in [0.5, 0.6) is 5.75 Å². The lowest BCUT2D eigenvalue weighted by atomic mass is 10.2. The molecule has 1 aromatic carbocycles. The highest BCUT2D eigenvalue weighted by Crippen LogP contribution is 2.13. The summed E-state index contributed by atoms with van der Waals surface area (Å²) in [6.45, 7) is 3.42. The number of nitrogens with one attached hydrogen (secondary N) is 1. The van der Waals surface area contributed by atoms with Crippen LogP contribution in [0.3, 0.4) is 0 Å². The van der Waals surface area contributed by atoms with Gasteiger partial charge in [0.2, 0.25) is 0 Å². The Kier molecular flexibility index (Phi) is 6.16. The Hall–Kier alpha value is -1.50. The average molecular weight is 232 g/mol. The van der Waals surface area contributed by atoms with Crippen LogP contribution in [0.25, 0.3) is 0 Å². The highest BCUT2D eigenvalue weighted by molar-refractivity contribution is 5.28.